The molecule has 0 heterocycles. The SMILES string of the molecule is CCOc1cc(CCN(C)CCCC(C#N)(c2cc(OC)cc(OC)c2)C(C)C)cc(OCC)c1OCC. The van der Waals surface area contributed by atoms with Crippen LogP contribution in [0.2, 0.25) is 0 Å². The van der Waals surface area contributed by atoms with E-state index < -0.39 is 5.41 Å². The van der Waals surface area contributed by atoms with Gasteiger partial charge in [0.05, 0.1) is 45.5 Å². The first-order valence-electron chi connectivity index (χ1n) is 13.7. The summed E-state index contributed by atoms with van der Waals surface area (Å²) < 4.78 is 28.5. The number of likely N-dealkylation sites (N-methyl/N-ethyl adjacent to an activating group) is 1. The minimum atomic E-state index is -0.628. The van der Waals surface area contributed by atoms with Crippen LogP contribution >= 0.6 is 0 Å². The van der Waals surface area contributed by atoms with Crippen LogP contribution in [-0.4, -0.2) is 59.1 Å². The molecule has 0 amide bonds. The third-order valence-corrected chi connectivity index (χ3v) is 6.91. The van der Waals surface area contributed by atoms with E-state index in [1.807, 2.05) is 39.0 Å². The molecule has 210 valence electrons. The summed E-state index contributed by atoms with van der Waals surface area (Å²) in [4.78, 5) is 2.31. The van der Waals surface area contributed by atoms with Crippen LogP contribution in [0.5, 0.6) is 28.7 Å². The van der Waals surface area contributed by atoms with Crippen molar-refractivity contribution in [3.05, 3.63) is 41.5 Å². The number of ether oxygens (including phenoxy) is 5. The van der Waals surface area contributed by atoms with Crippen molar-refractivity contribution in [2.45, 2.75) is 59.3 Å². The number of nitrogens with zero attached hydrogens (tertiary/aromatic N) is 2. The quantitative estimate of drug-likeness (QED) is 0.240. The summed E-state index contributed by atoms with van der Waals surface area (Å²) in [6.07, 6.45) is 2.48. The van der Waals surface area contributed by atoms with Gasteiger partial charge in [0.15, 0.2) is 11.5 Å². The van der Waals surface area contributed by atoms with Crippen LogP contribution in [0.3, 0.4) is 0 Å². The monoisotopic (exact) mass is 526 g/mol. The van der Waals surface area contributed by atoms with Crippen LogP contribution in [0.1, 0.15) is 58.6 Å². The van der Waals surface area contributed by atoms with Crippen molar-refractivity contribution < 1.29 is 23.7 Å². The molecule has 1 unspecified atom stereocenters. The van der Waals surface area contributed by atoms with Gasteiger partial charge in [0.25, 0.3) is 0 Å². The van der Waals surface area contributed by atoms with Gasteiger partial charge in [0.2, 0.25) is 5.75 Å². The lowest BCUT2D eigenvalue weighted by Gasteiger charge is -2.32. The molecule has 0 aliphatic carbocycles. The minimum Gasteiger partial charge on any atom is -0.497 e. The molecule has 0 radical (unpaired) electrons. The smallest absolute Gasteiger partial charge is 0.203 e. The highest BCUT2D eigenvalue weighted by Crippen LogP contribution is 2.41. The molecule has 0 bridgehead atoms. The maximum absolute atomic E-state index is 10.4. The van der Waals surface area contributed by atoms with Crippen molar-refractivity contribution >= 4 is 0 Å². The molecule has 0 fully saturated rings. The molecule has 0 spiro atoms. The molecule has 2 rings (SSSR count). The summed E-state index contributed by atoms with van der Waals surface area (Å²) in [5.41, 5.74) is 1.45. The average Bonchev–Trinajstić information content (AvgIpc) is 2.91. The predicted octanol–water partition coefficient (Wildman–Crippen LogP) is 6.27. The molecular formula is C31H46N2O5. The Morgan fingerprint density at radius 1 is 0.842 bits per heavy atom. The first-order chi connectivity index (χ1) is 18.3. The zero-order valence-electron chi connectivity index (χ0n) is 24.6. The summed E-state index contributed by atoms with van der Waals surface area (Å²) in [6, 6.07) is 12.5. The van der Waals surface area contributed by atoms with E-state index in [0.717, 1.165) is 55.0 Å². The summed E-state index contributed by atoms with van der Waals surface area (Å²) in [5.74, 6) is 3.65. The van der Waals surface area contributed by atoms with Gasteiger partial charge >= 0.3 is 0 Å². The van der Waals surface area contributed by atoms with Gasteiger partial charge in [0, 0.05) is 12.6 Å². The van der Waals surface area contributed by atoms with E-state index in [1.165, 1.54) is 0 Å². The van der Waals surface area contributed by atoms with Crippen LogP contribution in [0, 0.1) is 17.2 Å². The van der Waals surface area contributed by atoms with Crippen LogP contribution in [0.15, 0.2) is 30.3 Å². The fourth-order valence-electron chi connectivity index (χ4n) is 4.73. The summed E-state index contributed by atoms with van der Waals surface area (Å²) in [5, 5.41) is 10.4. The Morgan fingerprint density at radius 3 is 1.84 bits per heavy atom. The first-order valence-corrected chi connectivity index (χ1v) is 13.7. The van der Waals surface area contributed by atoms with Gasteiger partial charge in [-0.2, -0.15) is 5.26 Å². The number of benzene rings is 2. The molecule has 0 aromatic heterocycles. The fourth-order valence-corrected chi connectivity index (χ4v) is 4.73. The maximum Gasteiger partial charge on any atom is 0.203 e. The highest BCUT2D eigenvalue weighted by atomic mass is 16.5. The van der Waals surface area contributed by atoms with Crippen molar-refractivity contribution in [2.24, 2.45) is 5.92 Å². The Morgan fingerprint density at radius 2 is 1.39 bits per heavy atom. The fraction of sp³-hybridized carbons (Fsp3) is 0.581. The highest BCUT2D eigenvalue weighted by Gasteiger charge is 2.36. The van der Waals surface area contributed by atoms with E-state index in [-0.39, 0.29) is 5.92 Å². The average molecular weight is 527 g/mol. The van der Waals surface area contributed by atoms with E-state index >= 15 is 0 Å². The van der Waals surface area contributed by atoms with Crippen molar-refractivity contribution in [3.63, 3.8) is 0 Å². The Bertz CT molecular complexity index is 1000. The largest absolute Gasteiger partial charge is 0.497 e. The number of methoxy groups -OCH3 is 2. The minimum absolute atomic E-state index is 0.132. The molecule has 0 aliphatic rings. The van der Waals surface area contributed by atoms with Gasteiger partial charge in [-0.15, -0.1) is 0 Å². The first kappa shape index (κ1) is 31.1. The number of nitriles is 1. The lowest BCUT2D eigenvalue weighted by Crippen LogP contribution is -2.32. The number of hydrogen-bond acceptors (Lipinski definition) is 7. The number of hydrogen-bond donors (Lipinski definition) is 0. The molecular weight excluding hydrogens is 480 g/mol. The van der Waals surface area contributed by atoms with Crippen molar-refractivity contribution in [3.8, 4) is 34.8 Å². The van der Waals surface area contributed by atoms with Crippen molar-refractivity contribution in [1.29, 1.82) is 5.26 Å². The summed E-state index contributed by atoms with van der Waals surface area (Å²) in [7, 11) is 5.39. The summed E-state index contributed by atoms with van der Waals surface area (Å²) in [6.45, 7) is 13.5. The van der Waals surface area contributed by atoms with E-state index in [4.69, 9.17) is 23.7 Å². The second-order valence-electron chi connectivity index (χ2n) is 9.72. The van der Waals surface area contributed by atoms with E-state index in [9.17, 15) is 5.26 Å². The standard InChI is InChI=1S/C31H46N2O5/c1-9-36-28-17-24(18-29(37-10-2)30(28)38-11-3)13-16-33(6)15-12-14-31(22-32,23(4)5)25-19-26(34-7)21-27(20-25)35-8/h17-21,23H,9-16H2,1-8H3. The van der Waals surface area contributed by atoms with Gasteiger partial charge in [-0.3, -0.25) is 0 Å². The third kappa shape index (κ3) is 7.94. The highest BCUT2D eigenvalue weighted by molar-refractivity contribution is 5.54. The third-order valence-electron chi connectivity index (χ3n) is 6.91. The van der Waals surface area contributed by atoms with Crippen LogP contribution in [0.4, 0.5) is 0 Å². The molecule has 7 nitrogen and oxygen atoms in total. The van der Waals surface area contributed by atoms with Crippen LogP contribution in [-0.2, 0) is 11.8 Å². The zero-order chi connectivity index (χ0) is 28.1. The molecule has 0 saturated heterocycles. The predicted molar refractivity (Wildman–Crippen MR) is 152 cm³/mol. The zero-order valence-corrected chi connectivity index (χ0v) is 24.6. The maximum atomic E-state index is 10.4. The van der Waals surface area contributed by atoms with E-state index in [2.05, 4.69) is 44.0 Å². The number of rotatable bonds is 17. The Kier molecular flexibility index (Phi) is 12.6. The Hall–Kier alpha value is -3.11. The van der Waals surface area contributed by atoms with Gasteiger partial charge in [-0.25, -0.2) is 0 Å². The second-order valence-corrected chi connectivity index (χ2v) is 9.72. The second kappa shape index (κ2) is 15.3. The molecule has 7 heteroatoms. The molecule has 2 aromatic carbocycles. The molecule has 0 N–H and O–H groups in total. The molecule has 0 aliphatic heterocycles. The summed E-state index contributed by atoms with van der Waals surface area (Å²) >= 11 is 0. The van der Waals surface area contributed by atoms with E-state index in [0.29, 0.717) is 37.1 Å². The van der Waals surface area contributed by atoms with Crippen molar-refractivity contribution in [1.82, 2.24) is 4.90 Å². The Balaban J connectivity index is 2.11. The molecule has 0 saturated carbocycles. The van der Waals surface area contributed by atoms with Gasteiger partial charge in [-0.1, -0.05) is 13.8 Å². The lowest BCUT2D eigenvalue weighted by atomic mass is 9.69. The van der Waals surface area contributed by atoms with Gasteiger partial charge < -0.3 is 28.6 Å². The van der Waals surface area contributed by atoms with Crippen LogP contribution < -0.4 is 23.7 Å². The van der Waals surface area contributed by atoms with Gasteiger partial charge in [0.1, 0.15) is 11.5 Å². The molecule has 38 heavy (non-hydrogen) atoms. The molecule has 1 atom stereocenters. The van der Waals surface area contributed by atoms with Gasteiger partial charge in [-0.05, 0) is 94.9 Å². The van der Waals surface area contributed by atoms with E-state index in [1.54, 1.807) is 14.2 Å². The Labute approximate surface area is 229 Å². The lowest BCUT2D eigenvalue weighted by molar-refractivity contribution is 0.260. The topological polar surface area (TPSA) is 73.2 Å². The normalized spacial score (nSPS) is 12.7. The van der Waals surface area contributed by atoms with Crippen molar-refractivity contribution in [2.75, 3.05) is 54.2 Å². The van der Waals surface area contributed by atoms with Crippen LogP contribution in [0.25, 0.3) is 0 Å². The molecule has 2 aromatic rings.